The Labute approximate surface area is 79.0 Å². The number of aryl methyl sites for hydroxylation is 1. The quantitative estimate of drug-likeness (QED) is 0.702. The number of rotatable bonds is 4. The third-order valence-electron chi connectivity index (χ3n) is 2.16. The molecule has 0 aliphatic heterocycles. The minimum atomic E-state index is 0.151. The van der Waals surface area contributed by atoms with Crippen molar-refractivity contribution >= 4 is 6.41 Å². The molecule has 0 aliphatic rings. The van der Waals surface area contributed by atoms with Gasteiger partial charge >= 0.3 is 0 Å². The van der Waals surface area contributed by atoms with E-state index in [-0.39, 0.29) is 6.04 Å². The van der Waals surface area contributed by atoms with Gasteiger partial charge in [-0.15, -0.1) is 0 Å². The van der Waals surface area contributed by atoms with Crippen LogP contribution >= 0.6 is 0 Å². The van der Waals surface area contributed by atoms with Gasteiger partial charge in [0.1, 0.15) is 0 Å². The first-order valence-corrected chi connectivity index (χ1v) is 4.54. The van der Waals surface area contributed by atoms with Gasteiger partial charge in [0, 0.05) is 0 Å². The molecular formula is C11H15NO. The molecule has 70 valence electrons. The van der Waals surface area contributed by atoms with Crippen LogP contribution in [0.2, 0.25) is 0 Å². The van der Waals surface area contributed by atoms with Gasteiger partial charge in [0.2, 0.25) is 6.41 Å². The van der Waals surface area contributed by atoms with Crippen LogP contribution < -0.4 is 5.32 Å². The SMILES string of the molecule is CC[C@@H](NC=O)c1ccc(C)cc1. The van der Waals surface area contributed by atoms with Gasteiger partial charge in [-0.1, -0.05) is 36.8 Å². The smallest absolute Gasteiger partial charge is 0.207 e. The Bertz CT molecular complexity index is 266. The van der Waals surface area contributed by atoms with E-state index in [0.717, 1.165) is 12.8 Å². The van der Waals surface area contributed by atoms with Crippen LogP contribution in [0, 0.1) is 6.92 Å². The molecule has 2 heteroatoms. The Balaban J connectivity index is 2.78. The van der Waals surface area contributed by atoms with E-state index in [1.165, 1.54) is 11.1 Å². The molecule has 0 fully saturated rings. The molecular weight excluding hydrogens is 162 g/mol. The maximum Gasteiger partial charge on any atom is 0.207 e. The van der Waals surface area contributed by atoms with Crippen molar-refractivity contribution in [1.29, 1.82) is 0 Å². The minimum absolute atomic E-state index is 0.151. The van der Waals surface area contributed by atoms with Gasteiger partial charge < -0.3 is 5.32 Å². The van der Waals surface area contributed by atoms with Crippen LogP contribution in [0.4, 0.5) is 0 Å². The summed E-state index contributed by atoms with van der Waals surface area (Å²) in [5, 5.41) is 2.79. The van der Waals surface area contributed by atoms with Crippen LogP contribution in [-0.4, -0.2) is 6.41 Å². The summed E-state index contributed by atoms with van der Waals surface area (Å²) < 4.78 is 0. The molecule has 0 heterocycles. The summed E-state index contributed by atoms with van der Waals surface area (Å²) in [4.78, 5) is 10.3. The molecule has 1 aromatic carbocycles. The first kappa shape index (κ1) is 9.78. The van der Waals surface area contributed by atoms with E-state index in [9.17, 15) is 4.79 Å². The Hall–Kier alpha value is -1.31. The fourth-order valence-electron chi connectivity index (χ4n) is 1.33. The maximum absolute atomic E-state index is 10.3. The maximum atomic E-state index is 10.3. The van der Waals surface area contributed by atoms with Gasteiger partial charge in [0.05, 0.1) is 6.04 Å². The normalized spacial score (nSPS) is 12.2. The zero-order valence-corrected chi connectivity index (χ0v) is 8.08. The largest absolute Gasteiger partial charge is 0.352 e. The van der Waals surface area contributed by atoms with Crippen LogP contribution in [0.1, 0.15) is 30.5 Å². The molecule has 13 heavy (non-hydrogen) atoms. The topological polar surface area (TPSA) is 29.1 Å². The lowest BCUT2D eigenvalue weighted by molar-refractivity contribution is -0.110. The van der Waals surface area contributed by atoms with Crippen LogP contribution in [0.3, 0.4) is 0 Å². The lowest BCUT2D eigenvalue weighted by atomic mass is 10.0. The fourth-order valence-corrected chi connectivity index (χ4v) is 1.33. The minimum Gasteiger partial charge on any atom is -0.352 e. The van der Waals surface area contributed by atoms with Crippen molar-refractivity contribution in [2.45, 2.75) is 26.3 Å². The first-order valence-electron chi connectivity index (χ1n) is 4.54. The van der Waals surface area contributed by atoms with Crippen LogP contribution in [-0.2, 0) is 4.79 Å². The lowest BCUT2D eigenvalue weighted by Crippen LogP contribution is -2.18. The van der Waals surface area contributed by atoms with E-state index in [1.807, 2.05) is 0 Å². The van der Waals surface area contributed by atoms with E-state index in [2.05, 4.69) is 43.4 Å². The van der Waals surface area contributed by atoms with Crippen molar-refractivity contribution < 1.29 is 4.79 Å². The zero-order valence-electron chi connectivity index (χ0n) is 8.08. The predicted molar refractivity (Wildman–Crippen MR) is 53.4 cm³/mol. The monoisotopic (exact) mass is 177 g/mol. The average molecular weight is 177 g/mol. The third kappa shape index (κ3) is 2.58. The van der Waals surface area contributed by atoms with Crippen LogP contribution in [0.15, 0.2) is 24.3 Å². The second-order valence-electron chi connectivity index (χ2n) is 3.16. The summed E-state index contributed by atoms with van der Waals surface area (Å²) in [6, 6.07) is 8.38. The molecule has 1 atom stereocenters. The molecule has 1 aromatic rings. The highest BCUT2D eigenvalue weighted by Crippen LogP contribution is 2.15. The van der Waals surface area contributed by atoms with Crippen molar-refractivity contribution in [3.63, 3.8) is 0 Å². The predicted octanol–water partition coefficient (Wildman–Crippen LogP) is 2.19. The fraction of sp³-hybridized carbons (Fsp3) is 0.364. The standard InChI is InChI=1S/C11H15NO/c1-3-11(12-8-13)10-6-4-9(2)5-7-10/h4-8,11H,3H2,1-2H3,(H,12,13)/t11-/m1/s1. The highest BCUT2D eigenvalue weighted by molar-refractivity contribution is 5.47. The van der Waals surface area contributed by atoms with Gasteiger partial charge in [-0.3, -0.25) is 4.79 Å². The van der Waals surface area contributed by atoms with Gasteiger partial charge in [-0.25, -0.2) is 0 Å². The molecule has 0 bridgehead atoms. The zero-order chi connectivity index (χ0) is 9.68. The third-order valence-corrected chi connectivity index (χ3v) is 2.16. The number of nitrogens with one attached hydrogen (secondary N) is 1. The Morgan fingerprint density at radius 3 is 2.46 bits per heavy atom. The highest BCUT2D eigenvalue weighted by atomic mass is 16.1. The van der Waals surface area contributed by atoms with Gasteiger partial charge in [-0.05, 0) is 18.9 Å². The second kappa shape index (κ2) is 4.65. The molecule has 2 nitrogen and oxygen atoms in total. The number of benzene rings is 1. The number of carbonyl (C=O) groups excluding carboxylic acids is 1. The van der Waals surface area contributed by atoms with Crippen molar-refractivity contribution in [2.24, 2.45) is 0 Å². The Kier molecular flexibility index (Phi) is 3.50. The molecule has 0 radical (unpaired) electrons. The Morgan fingerprint density at radius 2 is 2.00 bits per heavy atom. The van der Waals surface area contributed by atoms with E-state index in [4.69, 9.17) is 0 Å². The summed E-state index contributed by atoms with van der Waals surface area (Å²) in [5.74, 6) is 0. The lowest BCUT2D eigenvalue weighted by Gasteiger charge is -2.13. The first-order chi connectivity index (χ1) is 6.27. The molecule has 0 saturated heterocycles. The molecule has 0 spiro atoms. The van der Waals surface area contributed by atoms with E-state index in [1.54, 1.807) is 0 Å². The van der Waals surface area contributed by atoms with Gasteiger partial charge in [0.25, 0.3) is 0 Å². The number of hydrogen-bond acceptors (Lipinski definition) is 1. The summed E-state index contributed by atoms with van der Waals surface area (Å²) in [6.45, 7) is 4.11. The van der Waals surface area contributed by atoms with Crippen molar-refractivity contribution in [3.05, 3.63) is 35.4 Å². The Morgan fingerprint density at radius 1 is 1.38 bits per heavy atom. The molecule has 0 saturated carbocycles. The van der Waals surface area contributed by atoms with E-state index >= 15 is 0 Å². The summed E-state index contributed by atoms with van der Waals surface area (Å²) in [5.41, 5.74) is 2.41. The van der Waals surface area contributed by atoms with Crippen LogP contribution in [0.5, 0.6) is 0 Å². The molecule has 0 aromatic heterocycles. The van der Waals surface area contributed by atoms with Gasteiger partial charge in [0.15, 0.2) is 0 Å². The number of hydrogen-bond donors (Lipinski definition) is 1. The molecule has 1 N–H and O–H groups in total. The van der Waals surface area contributed by atoms with Crippen molar-refractivity contribution in [3.8, 4) is 0 Å². The summed E-state index contributed by atoms with van der Waals surface area (Å²) in [6.07, 6.45) is 1.68. The summed E-state index contributed by atoms with van der Waals surface area (Å²) in [7, 11) is 0. The van der Waals surface area contributed by atoms with E-state index < -0.39 is 0 Å². The highest BCUT2D eigenvalue weighted by Gasteiger charge is 2.05. The average Bonchev–Trinajstić information content (AvgIpc) is 2.16. The molecule has 1 rings (SSSR count). The second-order valence-corrected chi connectivity index (χ2v) is 3.16. The van der Waals surface area contributed by atoms with E-state index in [0.29, 0.717) is 0 Å². The van der Waals surface area contributed by atoms with Crippen molar-refractivity contribution in [1.82, 2.24) is 5.32 Å². The van der Waals surface area contributed by atoms with Gasteiger partial charge in [-0.2, -0.15) is 0 Å². The summed E-state index contributed by atoms with van der Waals surface area (Å²) >= 11 is 0. The number of carbonyl (C=O) groups is 1. The molecule has 0 aliphatic carbocycles. The van der Waals surface area contributed by atoms with Crippen molar-refractivity contribution in [2.75, 3.05) is 0 Å². The van der Waals surface area contributed by atoms with Crippen LogP contribution in [0.25, 0.3) is 0 Å². The molecule has 1 amide bonds. The molecule has 0 unspecified atom stereocenters. The number of amides is 1.